The highest BCUT2D eigenvalue weighted by Gasteiger charge is 2.34. The van der Waals surface area contributed by atoms with Crippen LogP contribution >= 0.6 is 0 Å². The number of ether oxygens (including phenoxy) is 1. The zero-order valence-electron chi connectivity index (χ0n) is 14.6. The predicted octanol–water partition coefficient (Wildman–Crippen LogP) is 2.77. The lowest BCUT2D eigenvalue weighted by Gasteiger charge is -2.13. The second kappa shape index (κ2) is 8.08. The van der Waals surface area contributed by atoms with Gasteiger partial charge < -0.3 is 4.74 Å². The van der Waals surface area contributed by atoms with Crippen LogP contribution in [0.3, 0.4) is 0 Å². The number of carbonyl (C=O) groups excluding carboxylic acids is 4. The molecule has 0 radical (unpaired) electrons. The van der Waals surface area contributed by atoms with Gasteiger partial charge >= 0.3 is 5.97 Å². The third-order valence-electron chi connectivity index (χ3n) is 4.23. The van der Waals surface area contributed by atoms with Gasteiger partial charge in [0.25, 0.3) is 11.8 Å². The molecule has 0 aromatic heterocycles. The van der Waals surface area contributed by atoms with Gasteiger partial charge in [0.05, 0.1) is 16.7 Å². The Morgan fingerprint density at radius 1 is 0.964 bits per heavy atom. The van der Waals surface area contributed by atoms with Gasteiger partial charge in [-0.25, -0.2) is 8.78 Å². The third kappa shape index (κ3) is 3.95. The molecule has 1 aliphatic heterocycles. The van der Waals surface area contributed by atoms with Gasteiger partial charge in [0.2, 0.25) is 5.78 Å². The first kappa shape index (κ1) is 19.3. The number of carbonyl (C=O) groups is 4. The molecule has 0 saturated heterocycles. The lowest BCUT2D eigenvalue weighted by Crippen LogP contribution is -2.31. The lowest BCUT2D eigenvalue weighted by molar-refractivity contribution is -0.142. The Bertz CT molecular complexity index is 938. The quantitative estimate of drug-likeness (QED) is 0.415. The summed E-state index contributed by atoms with van der Waals surface area (Å²) in [6, 6.07) is 8.84. The molecule has 2 aromatic carbocycles. The molecule has 2 amide bonds. The van der Waals surface area contributed by atoms with Crippen LogP contribution in [0.1, 0.15) is 43.9 Å². The highest BCUT2D eigenvalue weighted by atomic mass is 19.1. The number of rotatable bonds is 7. The van der Waals surface area contributed by atoms with Crippen molar-refractivity contribution in [1.29, 1.82) is 0 Å². The Morgan fingerprint density at radius 3 is 2.25 bits per heavy atom. The maximum Gasteiger partial charge on any atom is 0.306 e. The van der Waals surface area contributed by atoms with Crippen LogP contribution in [-0.4, -0.2) is 41.6 Å². The minimum absolute atomic E-state index is 0.0217. The van der Waals surface area contributed by atoms with Crippen molar-refractivity contribution in [2.45, 2.75) is 12.8 Å². The van der Waals surface area contributed by atoms with E-state index >= 15 is 0 Å². The molecule has 0 N–H and O–H groups in total. The molecule has 0 fully saturated rings. The number of Topliss-reactive ketones (excluding diaryl/α,β-unsaturated/α-hetero) is 1. The van der Waals surface area contributed by atoms with Crippen molar-refractivity contribution in [1.82, 2.24) is 4.90 Å². The van der Waals surface area contributed by atoms with Gasteiger partial charge in [0, 0.05) is 13.0 Å². The number of esters is 1. The molecule has 28 heavy (non-hydrogen) atoms. The largest absolute Gasteiger partial charge is 0.457 e. The number of benzene rings is 2. The second-order valence-corrected chi connectivity index (χ2v) is 6.12. The zero-order valence-corrected chi connectivity index (χ0v) is 14.6. The normalized spacial score (nSPS) is 12.9. The summed E-state index contributed by atoms with van der Waals surface area (Å²) in [6.45, 7) is -0.708. The third-order valence-corrected chi connectivity index (χ3v) is 4.23. The van der Waals surface area contributed by atoms with Crippen LogP contribution in [0.25, 0.3) is 0 Å². The number of hydrogen-bond acceptors (Lipinski definition) is 5. The molecular weight excluding hydrogens is 372 g/mol. The zero-order chi connectivity index (χ0) is 20.3. The first-order valence-electron chi connectivity index (χ1n) is 8.47. The van der Waals surface area contributed by atoms with Crippen LogP contribution in [0.2, 0.25) is 0 Å². The van der Waals surface area contributed by atoms with E-state index < -0.39 is 47.4 Å². The van der Waals surface area contributed by atoms with Crippen molar-refractivity contribution >= 4 is 23.6 Å². The lowest BCUT2D eigenvalue weighted by atomic mass is 10.1. The maximum atomic E-state index is 13.5. The number of ketones is 1. The molecule has 144 valence electrons. The summed E-state index contributed by atoms with van der Waals surface area (Å²) in [7, 11) is 0. The Morgan fingerprint density at radius 2 is 1.61 bits per heavy atom. The molecular formula is C20H15F2NO5. The number of imide groups is 1. The Hall–Kier alpha value is -3.42. The summed E-state index contributed by atoms with van der Waals surface area (Å²) in [5.41, 5.74) is 0.134. The van der Waals surface area contributed by atoms with Crippen molar-refractivity contribution < 1.29 is 32.7 Å². The molecule has 2 aromatic rings. The minimum atomic E-state index is -0.909. The highest BCUT2D eigenvalue weighted by Crippen LogP contribution is 2.22. The summed E-state index contributed by atoms with van der Waals surface area (Å²) in [6.07, 6.45) is -0.000856. The maximum absolute atomic E-state index is 13.5. The van der Waals surface area contributed by atoms with E-state index in [0.29, 0.717) is 11.1 Å². The summed E-state index contributed by atoms with van der Waals surface area (Å²) >= 11 is 0. The second-order valence-electron chi connectivity index (χ2n) is 6.12. The number of halogens is 2. The van der Waals surface area contributed by atoms with E-state index in [1.165, 1.54) is 0 Å². The van der Waals surface area contributed by atoms with E-state index in [1.54, 1.807) is 24.3 Å². The average molecular weight is 387 g/mol. The van der Waals surface area contributed by atoms with Crippen LogP contribution in [0.5, 0.6) is 0 Å². The molecule has 8 heteroatoms. The van der Waals surface area contributed by atoms with E-state index in [9.17, 15) is 28.0 Å². The monoisotopic (exact) mass is 387 g/mol. The van der Waals surface area contributed by atoms with Crippen LogP contribution < -0.4 is 0 Å². The number of hydrogen-bond donors (Lipinski definition) is 0. The number of nitrogens with zero attached hydrogens (tertiary/aromatic N) is 1. The molecule has 1 aliphatic rings. The van der Waals surface area contributed by atoms with E-state index in [2.05, 4.69) is 0 Å². The first-order chi connectivity index (χ1) is 13.4. The SMILES string of the molecule is O=C(CCCN1C(=O)c2ccccc2C1=O)OCC(=O)c1cc(F)ccc1F. The van der Waals surface area contributed by atoms with Gasteiger partial charge in [-0.3, -0.25) is 24.1 Å². The predicted molar refractivity (Wildman–Crippen MR) is 92.7 cm³/mol. The van der Waals surface area contributed by atoms with E-state index in [-0.39, 0.29) is 19.4 Å². The molecule has 0 aliphatic carbocycles. The molecule has 0 bridgehead atoms. The van der Waals surface area contributed by atoms with Gasteiger partial charge in [0.1, 0.15) is 11.6 Å². The van der Waals surface area contributed by atoms with Crippen molar-refractivity contribution in [3.8, 4) is 0 Å². The van der Waals surface area contributed by atoms with Crippen LogP contribution in [0.15, 0.2) is 42.5 Å². The van der Waals surface area contributed by atoms with Gasteiger partial charge in [-0.2, -0.15) is 0 Å². The summed E-state index contributed by atoms with van der Waals surface area (Å²) in [5, 5.41) is 0. The summed E-state index contributed by atoms with van der Waals surface area (Å²) < 4.78 is 31.4. The summed E-state index contributed by atoms with van der Waals surface area (Å²) in [5.74, 6) is -4.16. The Labute approximate surface area is 158 Å². The first-order valence-corrected chi connectivity index (χ1v) is 8.47. The standard InChI is InChI=1S/C20H15F2NO5/c21-12-7-8-16(22)15(10-12)17(24)11-28-18(25)6-3-9-23-19(26)13-4-1-2-5-14(13)20(23)27/h1-2,4-5,7-8,10H,3,6,9,11H2. The van der Waals surface area contributed by atoms with Crippen molar-refractivity contribution in [3.05, 3.63) is 70.8 Å². The fourth-order valence-electron chi connectivity index (χ4n) is 2.83. The van der Waals surface area contributed by atoms with Crippen molar-refractivity contribution in [2.24, 2.45) is 0 Å². The highest BCUT2D eigenvalue weighted by molar-refractivity contribution is 6.21. The van der Waals surface area contributed by atoms with Gasteiger partial charge in [0.15, 0.2) is 6.61 Å². The topological polar surface area (TPSA) is 80.8 Å². The van der Waals surface area contributed by atoms with Crippen molar-refractivity contribution in [3.63, 3.8) is 0 Å². The molecule has 3 rings (SSSR count). The average Bonchev–Trinajstić information content (AvgIpc) is 2.93. The Kier molecular flexibility index (Phi) is 5.58. The van der Waals surface area contributed by atoms with E-state index in [1.807, 2.05) is 0 Å². The molecule has 0 unspecified atom stereocenters. The van der Waals surface area contributed by atoms with Crippen LogP contribution in [0.4, 0.5) is 8.78 Å². The molecule has 0 spiro atoms. The Balaban J connectivity index is 1.47. The number of amides is 2. The molecule has 1 heterocycles. The van der Waals surface area contributed by atoms with E-state index in [4.69, 9.17) is 4.74 Å². The van der Waals surface area contributed by atoms with Crippen molar-refractivity contribution in [2.75, 3.05) is 13.2 Å². The summed E-state index contributed by atoms with van der Waals surface area (Å²) in [4.78, 5) is 49.0. The number of fused-ring (bicyclic) bond motifs is 1. The van der Waals surface area contributed by atoms with Crippen LogP contribution in [-0.2, 0) is 9.53 Å². The van der Waals surface area contributed by atoms with Gasteiger partial charge in [-0.15, -0.1) is 0 Å². The fourth-order valence-corrected chi connectivity index (χ4v) is 2.83. The fraction of sp³-hybridized carbons (Fsp3) is 0.200. The molecule has 6 nitrogen and oxygen atoms in total. The smallest absolute Gasteiger partial charge is 0.306 e. The van der Waals surface area contributed by atoms with Crippen LogP contribution in [0, 0.1) is 11.6 Å². The molecule has 0 saturated carbocycles. The van der Waals surface area contributed by atoms with Gasteiger partial charge in [-0.05, 0) is 36.8 Å². The van der Waals surface area contributed by atoms with Gasteiger partial charge in [-0.1, -0.05) is 12.1 Å². The minimum Gasteiger partial charge on any atom is -0.457 e. The van der Waals surface area contributed by atoms with E-state index in [0.717, 1.165) is 23.1 Å². The molecule has 0 atom stereocenters.